The number of para-hydroxylation sites is 5. The molecule has 58 heavy (non-hydrogen) atoms. The fraction of sp³-hybridized carbons (Fsp3) is 0. The summed E-state index contributed by atoms with van der Waals surface area (Å²) >= 11 is 0. The van der Waals surface area contributed by atoms with Crippen LogP contribution in [0.4, 0.5) is 0 Å². The Hall–Kier alpha value is -7.82. The Morgan fingerprint density at radius 1 is 0.276 bits per heavy atom. The van der Waals surface area contributed by atoms with Crippen LogP contribution in [0.1, 0.15) is 0 Å². The molecule has 1 aliphatic heterocycles. The van der Waals surface area contributed by atoms with E-state index >= 15 is 0 Å². The standard InChI is InChI=1S/C54H33N3O/c1-5-18-46-40(13-1)41-14-2-6-19-47(41)56(46)39-28-30-50-45(33-39)43-16-4-7-20-48(43)55(50)38-12-9-11-36(31-38)34-23-25-35(26-24-34)37-27-29-51-53(32-37)58-52-22-10-17-44-42-15-3-8-21-49(42)57(51)54(44)52/h1-33H. The summed E-state index contributed by atoms with van der Waals surface area (Å²) in [5, 5.41) is 7.46. The minimum atomic E-state index is 0.865. The van der Waals surface area contributed by atoms with Crippen LogP contribution >= 0.6 is 0 Å². The maximum atomic E-state index is 6.58. The number of fused-ring (bicyclic) bond motifs is 11. The molecule has 0 aliphatic carbocycles. The van der Waals surface area contributed by atoms with E-state index in [1.54, 1.807) is 0 Å². The second kappa shape index (κ2) is 11.8. The Morgan fingerprint density at radius 2 is 0.759 bits per heavy atom. The van der Waals surface area contributed by atoms with Crippen molar-refractivity contribution in [3.05, 3.63) is 200 Å². The number of hydrogen-bond acceptors (Lipinski definition) is 1. The van der Waals surface area contributed by atoms with Crippen molar-refractivity contribution in [3.8, 4) is 50.8 Å². The molecule has 270 valence electrons. The third kappa shape index (κ3) is 4.40. The third-order valence-corrected chi connectivity index (χ3v) is 12.2. The SMILES string of the molecule is c1cc(-c2ccc(-c3ccc4c(c3)Oc3cccc5c6ccccc6n-4c35)cc2)cc(-n2c3ccccc3c3cc(-n4c5ccccc5c5ccccc54)ccc32)c1. The summed E-state index contributed by atoms with van der Waals surface area (Å²) in [6, 6.07) is 72.5. The summed E-state index contributed by atoms with van der Waals surface area (Å²) in [5.74, 6) is 1.75. The summed E-state index contributed by atoms with van der Waals surface area (Å²) in [6.45, 7) is 0. The van der Waals surface area contributed by atoms with Gasteiger partial charge in [0.2, 0.25) is 0 Å². The number of rotatable bonds is 4. The highest BCUT2D eigenvalue weighted by molar-refractivity contribution is 6.13. The van der Waals surface area contributed by atoms with Crippen LogP contribution in [0.15, 0.2) is 200 Å². The summed E-state index contributed by atoms with van der Waals surface area (Å²) < 4.78 is 13.7. The number of aromatic nitrogens is 3. The van der Waals surface area contributed by atoms with Gasteiger partial charge in [0, 0.05) is 43.7 Å². The van der Waals surface area contributed by atoms with Crippen LogP contribution in [0.25, 0.3) is 105 Å². The summed E-state index contributed by atoms with van der Waals surface area (Å²) in [6.07, 6.45) is 0. The van der Waals surface area contributed by atoms with E-state index in [0.29, 0.717) is 0 Å². The third-order valence-electron chi connectivity index (χ3n) is 12.2. The number of nitrogens with zero attached hydrogens (tertiary/aromatic N) is 3. The fourth-order valence-corrected chi connectivity index (χ4v) is 9.66. The topological polar surface area (TPSA) is 24.0 Å². The minimum absolute atomic E-state index is 0.865. The molecule has 0 fully saturated rings. The first kappa shape index (κ1) is 31.4. The zero-order valence-corrected chi connectivity index (χ0v) is 31.3. The number of benzene rings is 9. The Balaban J connectivity index is 0.875. The van der Waals surface area contributed by atoms with Crippen LogP contribution in [0.3, 0.4) is 0 Å². The number of hydrogen-bond donors (Lipinski definition) is 0. The normalized spacial score (nSPS) is 12.3. The van der Waals surface area contributed by atoms with Crippen LogP contribution in [-0.4, -0.2) is 13.7 Å². The zero-order chi connectivity index (χ0) is 37.9. The van der Waals surface area contributed by atoms with E-state index in [9.17, 15) is 0 Å². The first-order valence-electron chi connectivity index (χ1n) is 19.8. The molecule has 0 saturated heterocycles. The van der Waals surface area contributed by atoms with Gasteiger partial charge in [-0.1, -0.05) is 127 Å². The second-order valence-electron chi connectivity index (χ2n) is 15.3. The van der Waals surface area contributed by atoms with Gasteiger partial charge < -0.3 is 18.4 Å². The van der Waals surface area contributed by atoms with Crippen LogP contribution in [0, 0.1) is 0 Å². The highest BCUT2D eigenvalue weighted by atomic mass is 16.5. The van der Waals surface area contributed by atoms with E-state index in [1.165, 1.54) is 71.0 Å². The van der Waals surface area contributed by atoms with Crippen molar-refractivity contribution in [2.45, 2.75) is 0 Å². The maximum Gasteiger partial charge on any atom is 0.152 e. The number of ether oxygens (including phenoxy) is 1. The minimum Gasteiger partial charge on any atom is -0.453 e. The van der Waals surface area contributed by atoms with Crippen LogP contribution in [0.5, 0.6) is 11.5 Å². The fourth-order valence-electron chi connectivity index (χ4n) is 9.66. The van der Waals surface area contributed by atoms with Gasteiger partial charge >= 0.3 is 0 Å². The van der Waals surface area contributed by atoms with Crippen LogP contribution in [0.2, 0.25) is 0 Å². The van der Waals surface area contributed by atoms with E-state index in [-0.39, 0.29) is 0 Å². The Morgan fingerprint density at radius 3 is 1.41 bits per heavy atom. The van der Waals surface area contributed by atoms with E-state index in [0.717, 1.165) is 45.2 Å². The van der Waals surface area contributed by atoms with Crippen LogP contribution < -0.4 is 4.74 Å². The van der Waals surface area contributed by atoms with Gasteiger partial charge in [-0.25, -0.2) is 0 Å². The van der Waals surface area contributed by atoms with Gasteiger partial charge in [-0.2, -0.15) is 0 Å². The van der Waals surface area contributed by atoms with E-state index in [4.69, 9.17) is 4.74 Å². The van der Waals surface area contributed by atoms with Gasteiger partial charge in [0.25, 0.3) is 0 Å². The molecule has 0 amide bonds. The van der Waals surface area contributed by atoms with Crippen molar-refractivity contribution < 1.29 is 4.74 Å². The molecule has 0 spiro atoms. The predicted molar refractivity (Wildman–Crippen MR) is 240 cm³/mol. The van der Waals surface area contributed by atoms with Crippen molar-refractivity contribution in [2.24, 2.45) is 0 Å². The van der Waals surface area contributed by atoms with Crippen molar-refractivity contribution in [1.82, 2.24) is 13.7 Å². The molecule has 1 aliphatic rings. The molecular formula is C54H33N3O. The van der Waals surface area contributed by atoms with Crippen molar-refractivity contribution in [2.75, 3.05) is 0 Å². The lowest BCUT2D eigenvalue weighted by molar-refractivity contribution is 0.476. The lowest BCUT2D eigenvalue weighted by atomic mass is 9.99. The Kier molecular flexibility index (Phi) is 6.41. The molecule has 13 rings (SSSR count). The average molecular weight is 740 g/mol. The Bertz CT molecular complexity index is 3600. The predicted octanol–water partition coefficient (Wildman–Crippen LogP) is 14.4. The van der Waals surface area contributed by atoms with Gasteiger partial charge in [-0.15, -0.1) is 0 Å². The maximum absolute atomic E-state index is 6.58. The first-order valence-corrected chi connectivity index (χ1v) is 19.8. The van der Waals surface area contributed by atoms with Gasteiger partial charge in [-0.05, 0) is 95.1 Å². The van der Waals surface area contributed by atoms with Gasteiger partial charge in [0.15, 0.2) is 11.5 Å². The van der Waals surface area contributed by atoms with Crippen LogP contribution in [-0.2, 0) is 0 Å². The average Bonchev–Trinajstić information content (AvgIpc) is 3.93. The highest BCUT2D eigenvalue weighted by Crippen LogP contribution is 2.46. The smallest absolute Gasteiger partial charge is 0.152 e. The molecule has 0 saturated carbocycles. The van der Waals surface area contributed by atoms with Gasteiger partial charge in [-0.3, -0.25) is 0 Å². The molecule has 3 aromatic heterocycles. The quantitative estimate of drug-likeness (QED) is 0.176. The van der Waals surface area contributed by atoms with E-state index < -0.39 is 0 Å². The summed E-state index contributed by atoms with van der Waals surface area (Å²) in [5.41, 5.74) is 15.1. The zero-order valence-electron chi connectivity index (χ0n) is 31.3. The molecule has 0 N–H and O–H groups in total. The van der Waals surface area contributed by atoms with Gasteiger partial charge in [0.05, 0.1) is 38.8 Å². The lowest BCUT2D eigenvalue weighted by Gasteiger charge is -2.21. The Labute approximate surface area is 333 Å². The van der Waals surface area contributed by atoms with Crippen molar-refractivity contribution in [3.63, 3.8) is 0 Å². The van der Waals surface area contributed by atoms with Crippen molar-refractivity contribution >= 4 is 65.4 Å². The molecule has 4 heteroatoms. The highest BCUT2D eigenvalue weighted by Gasteiger charge is 2.24. The molecule has 4 nitrogen and oxygen atoms in total. The molecule has 9 aromatic carbocycles. The molecule has 0 atom stereocenters. The molecule has 0 bridgehead atoms. The first-order chi connectivity index (χ1) is 28.8. The van der Waals surface area contributed by atoms with E-state index in [2.05, 4.69) is 214 Å². The summed E-state index contributed by atoms with van der Waals surface area (Å²) in [4.78, 5) is 0. The largest absolute Gasteiger partial charge is 0.453 e. The molecule has 12 aromatic rings. The van der Waals surface area contributed by atoms with Crippen molar-refractivity contribution in [1.29, 1.82) is 0 Å². The van der Waals surface area contributed by atoms with E-state index in [1.807, 2.05) is 0 Å². The van der Waals surface area contributed by atoms with Gasteiger partial charge in [0.1, 0.15) is 0 Å². The second-order valence-corrected chi connectivity index (χ2v) is 15.3. The lowest BCUT2D eigenvalue weighted by Crippen LogP contribution is -2.04. The molecule has 4 heterocycles. The molecular weight excluding hydrogens is 707 g/mol. The monoisotopic (exact) mass is 739 g/mol. The molecule has 0 radical (unpaired) electrons. The molecule has 0 unspecified atom stereocenters. The summed E-state index contributed by atoms with van der Waals surface area (Å²) in [7, 11) is 0.